The topological polar surface area (TPSA) is 9.23 Å². The molecule has 0 aliphatic carbocycles. The van der Waals surface area contributed by atoms with Crippen molar-refractivity contribution in [2.24, 2.45) is 0 Å². The lowest BCUT2D eigenvalue weighted by Gasteiger charge is -2.17. The average molecular weight is 293 g/mol. The molecule has 0 aromatic carbocycles. The summed E-state index contributed by atoms with van der Waals surface area (Å²) >= 11 is 3.97. The molecule has 1 nitrogen and oxygen atoms in total. The quantitative estimate of drug-likeness (QED) is 0.739. The lowest BCUT2D eigenvalue weighted by Crippen LogP contribution is -2.27. The Morgan fingerprint density at radius 2 is 2.21 bits per heavy atom. The van der Waals surface area contributed by atoms with Crippen LogP contribution in [-0.2, 0) is 4.74 Å². The van der Waals surface area contributed by atoms with Crippen molar-refractivity contribution in [3.05, 3.63) is 0 Å². The van der Waals surface area contributed by atoms with Crippen molar-refractivity contribution in [3.8, 4) is 0 Å². The molecule has 3 atom stereocenters. The second kappa shape index (κ2) is 5.07. The van der Waals surface area contributed by atoms with Crippen molar-refractivity contribution >= 4 is 27.7 Å². The summed E-state index contributed by atoms with van der Waals surface area (Å²) in [6, 6.07) is 0. The first-order chi connectivity index (χ1) is 6.41. The molecule has 1 heterocycles. The number of ether oxygens (including phenoxy) is 1. The molecule has 1 rings (SSSR count). The van der Waals surface area contributed by atoms with E-state index in [1.807, 2.05) is 6.92 Å². The summed E-state index contributed by atoms with van der Waals surface area (Å²) in [5, 5.41) is 0.206. The van der Waals surface area contributed by atoms with E-state index in [1.54, 1.807) is 0 Å². The maximum atomic E-state index is 12.1. The summed E-state index contributed by atoms with van der Waals surface area (Å²) in [5.41, 5.74) is 0. The average Bonchev–Trinajstić information content (AvgIpc) is 2.45. The zero-order valence-electron chi connectivity index (χ0n) is 7.68. The largest absolute Gasteiger partial charge is 0.402 e. The van der Waals surface area contributed by atoms with Crippen LogP contribution in [0.1, 0.15) is 13.3 Å². The van der Waals surface area contributed by atoms with E-state index in [0.29, 0.717) is 6.61 Å². The van der Waals surface area contributed by atoms with Crippen molar-refractivity contribution in [3.63, 3.8) is 0 Å². The lowest BCUT2D eigenvalue weighted by atomic mass is 10.3. The first-order valence-electron chi connectivity index (χ1n) is 4.35. The number of hydrogen-bond acceptors (Lipinski definition) is 2. The third kappa shape index (κ3) is 3.62. The lowest BCUT2D eigenvalue weighted by molar-refractivity contribution is -0.122. The SMILES string of the molecule is CC1OCCC1SCC(Br)C(F)(F)F. The maximum Gasteiger partial charge on any atom is 0.402 e. The van der Waals surface area contributed by atoms with Gasteiger partial charge in [-0.2, -0.15) is 24.9 Å². The zero-order valence-corrected chi connectivity index (χ0v) is 10.1. The highest BCUT2D eigenvalue weighted by Crippen LogP contribution is 2.33. The van der Waals surface area contributed by atoms with Crippen molar-refractivity contribution in [1.29, 1.82) is 0 Å². The van der Waals surface area contributed by atoms with E-state index in [9.17, 15) is 13.2 Å². The predicted molar refractivity (Wildman–Crippen MR) is 55.0 cm³/mol. The third-order valence-corrected chi connectivity index (χ3v) is 4.96. The monoisotopic (exact) mass is 292 g/mol. The standard InChI is InChI=1S/C8H12BrF3OS/c1-5-6(2-3-13-5)14-4-7(9)8(10,11)12/h5-7H,2-4H2,1H3. The molecule has 1 saturated heterocycles. The molecule has 14 heavy (non-hydrogen) atoms. The first-order valence-corrected chi connectivity index (χ1v) is 6.31. The normalized spacial score (nSPS) is 30.6. The molecule has 84 valence electrons. The number of thioether (sulfide) groups is 1. The number of halogens is 4. The summed E-state index contributed by atoms with van der Waals surface area (Å²) in [6.45, 7) is 2.57. The van der Waals surface area contributed by atoms with Crippen LogP contribution in [0.25, 0.3) is 0 Å². The van der Waals surface area contributed by atoms with Crippen LogP contribution in [-0.4, -0.2) is 34.7 Å². The van der Waals surface area contributed by atoms with E-state index >= 15 is 0 Å². The molecule has 3 unspecified atom stereocenters. The van der Waals surface area contributed by atoms with Crippen molar-refractivity contribution in [2.45, 2.75) is 35.7 Å². The molecule has 0 spiro atoms. The van der Waals surface area contributed by atoms with Gasteiger partial charge in [0, 0.05) is 17.6 Å². The number of hydrogen-bond donors (Lipinski definition) is 0. The Morgan fingerprint density at radius 3 is 2.64 bits per heavy atom. The Labute approximate surface area is 93.9 Å². The van der Waals surface area contributed by atoms with E-state index in [2.05, 4.69) is 15.9 Å². The number of rotatable bonds is 3. The van der Waals surface area contributed by atoms with E-state index in [-0.39, 0.29) is 17.1 Å². The molecule has 0 N–H and O–H groups in total. The Kier molecular flexibility index (Phi) is 4.58. The van der Waals surface area contributed by atoms with Gasteiger partial charge >= 0.3 is 6.18 Å². The fourth-order valence-electron chi connectivity index (χ4n) is 1.23. The first kappa shape index (κ1) is 12.6. The van der Waals surface area contributed by atoms with Crippen molar-refractivity contribution in [1.82, 2.24) is 0 Å². The van der Waals surface area contributed by atoms with Crippen LogP contribution in [0.5, 0.6) is 0 Å². The smallest absolute Gasteiger partial charge is 0.377 e. The minimum absolute atomic E-state index is 0.0574. The van der Waals surface area contributed by atoms with Crippen LogP contribution >= 0.6 is 27.7 Å². The maximum absolute atomic E-state index is 12.1. The van der Waals surface area contributed by atoms with E-state index in [1.165, 1.54) is 11.8 Å². The van der Waals surface area contributed by atoms with Crippen molar-refractivity contribution in [2.75, 3.05) is 12.4 Å². The summed E-state index contributed by atoms with van der Waals surface area (Å²) in [6.07, 6.45) is -3.22. The van der Waals surface area contributed by atoms with Crippen LogP contribution in [0.2, 0.25) is 0 Å². The molecule has 1 aliphatic heterocycles. The molecule has 0 amide bonds. The van der Waals surface area contributed by atoms with Gasteiger partial charge in [0.05, 0.1) is 6.10 Å². The van der Waals surface area contributed by atoms with E-state index in [4.69, 9.17) is 4.74 Å². The molecular weight excluding hydrogens is 281 g/mol. The van der Waals surface area contributed by atoms with Gasteiger partial charge in [0.25, 0.3) is 0 Å². The predicted octanol–water partition coefficient (Wildman–Crippen LogP) is 3.22. The fraction of sp³-hybridized carbons (Fsp3) is 1.00. The van der Waals surface area contributed by atoms with Gasteiger partial charge in [-0.1, -0.05) is 15.9 Å². The highest BCUT2D eigenvalue weighted by molar-refractivity contribution is 9.09. The highest BCUT2D eigenvalue weighted by atomic mass is 79.9. The van der Waals surface area contributed by atoms with Crippen LogP contribution in [0.15, 0.2) is 0 Å². The molecule has 0 radical (unpaired) electrons. The van der Waals surface area contributed by atoms with E-state index in [0.717, 1.165) is 6.42 Å². The second-order valence-electron chi connectivity index (χ2n) is 3.25. The highest BCUT2D eigenvalue weighted by Gasteiger charge is 2.38. The van der Waals surface area contributed by atoms with Crippen LogP contribution in [0.4, 0.5) is 13.2 Å². The van der Waals surface area contributed by atoms with Gasteiger partial charge in [0.2, 0.25) is 0 Å². The molecule has 0 aromatic heterocycles. The Hall–Kier alpha value is 0.580. The van der Waals surface area contributed by atoms with Gasteiger partial charge in [-0.3, -0.25) is 0 Å². The van der Waals surface area contributed by atoms with Crippen LogP contribution < -0.4 is 0 Å². The van der Waals surface area contributed by atoms with Gasteiger partial charge < -0.3 is 4.74 Å². The zero-order chi connectivity index (χ0) is 10.8. The van der Waals surface area contributed by atoms with Crippen LogP contribution in [0.3, 0.4) is 0 Å². The fourth-order valence-corrected chi connectivity index (χ4v) is 2.91. The Morgan fingerprint density at radius 1 is 1.57 bits per heavy atom. The molecular formula is C8H12BrF3OS. The summed E-state index contributed by atoms with van der Waals surface area (Å²) in [5.74, 6) is 0.0574. The van der Waals surface area contributed by atoms with Gasteiger partial charge in [-0.25, -0.2) is 0 Å². The summed E-state index contributed by atoms with van der Waals surface area (Å²) in [7, 11) is 0. The molecule has 1 aliphatic rings. The number of alkyl halides is 4. The van der Waals surface area contributed by atoms with Crippen molar-refractivity contribution < 1.29 is 17.9 Å². The molecule has 0 aromatic rings. The Balaban J connectivity index is 2.26. The summed E-state index contributed by atoms with van der Waals surface area (Å²) in [4.78, 5) is -1.41. The third-order valence-electron chi connectivity index (χ3n) is 2.12. The van der Waals surface area contributed by atoms with Gasteiger partial charge in [-0.15, -0.1) is 0 Å². The van der Waals surface area contributed by atoms with E-state index < -0.39 is 11.0 Å². The molecule has 1 fully saturated rings. The molecule has 0 saturated carbocycles. The van der Waals surface area contributed by atoms with Gasteiger partial charge in [0.15, 0.2) is 0 Å². The van der Waals surface area contributed by atoms with Gasteiger partial charge in [-0.05, 0) is 13.3 Å². The minimum Gasteiger partial charge on any atom is -0.377 e. The minimum atomic E-state index is -4.14. The van der Waals surface area contributed by atoms with Gasteiger partial charge in [0.1, 0.15) is 4.83 Å². The summed E-state index contributed by atoms with van der Waals surface area (Å²) < 4.78 is 41.7. The van der Waals surface area contributed by atoms with Crippen LogP contribution in [0, 0.1) is 0 Å². The second-order valence-corrected chi connectivity index (χ2v) is 5.62. The molecule has 0 bridgehead atoms. The Bertz CT molecular complexity index is 186. The molecule has 6 heteroatoms.